The summed E-state index contributed by atoms with van der Waals surface area (Å²) in [5, 5.41) is 2.86. The molecule has 6 nitrogen and oxygen atoms in total. The first-order valence-electron chi connectivity index (χ1n) is 11.4. The molecule has 0 spiro atoms. The van der Waals surface area contributed by atoms with Crippen molar-refractivity contribution in [2.75, 3.05) is 30.0 Å². The van der Waals surface area contributed by atoms with Crippen LogP contribution in [0.4, 0.5) is 11.4 Å². The van der Waals surface area contributed by atoms with Crippen LogP contribution in [0.15, 0.2) is 78.9 Å². The molecular weight excluding hydrogens is 428 g/mol. The molecule has 2 amide bonds. The standard InChI is InChI=1S/C28H28N2O4/c1-21-8-7-11-24(18-21)33-17-6-5-16-30-25-19-23(13-14-26(25)34-20-28(30)32)29-27(31)15-12-22-9-3-2-4-10-22/h2-4,7-15,18-19H,5-6,16-17,20H2,1H3,(H,29,31)/b15-12+. The van der Waals surface area contributed by atoms with Gasteiger partial charge in [-0.3, -0.25) is 9.59 Å². The van der Waals surface area contributed by atoms with Gasteiger partial charge in [-0.2, -0.15) is 0 Å². The Morgan fingerprint density at radius 3 is 2.74 bits per heavy atom. The summed E-state index contributed by atoms with van der Waals surface area (Å²) in [4.78, 5) is 26.6. The summed E-state index contributed by atoms with van der Waals surface area (Å²) in [6.07, 6.45) is 4.84. The molecule has 0 radical (unpaired) electrons. The summed E-state index contributed by atoms with van der Waals surface area (Å²) in [5.74, 6) is 1.15. The summed E-state index contributed by atoms with van der Waals surface area (Å²) in [6, 6.07) is 22.9. The zero-order valence-electron chi connectivity index (χ0n) is 19.2. The summed E-state index contributed by atoms with van der Waals surface area (Å²) in [7, 11) is 0. The molecule has 34 heavy (non-hydrogen) atoms. The SMILES string of the molecule is Cc1cccc(OCCCCN2C(=O)COc3ccc(NC(=O)/C=C/c4ccccc4)cc32)c1. The van der Waals surface area contributed by atoms with E-state index in [0.717, 1.165) is 29.7 Å². The van der Waals surface area contributed by atoms with E-state index in [1.54, 1.807) is 29.2 Å². The quantitative estimate of drug-likeness (QED) is 0.354. The second-order valence-electron chi connectivity index (χ2n) is 8.12. The number of carbonyl (C=O) groups is 2. The van der Waals surface area contributed by atoms with Crippen LogP contribution in [0.1, 0.15) is 24.0 Å². The van der Waals surface area contributed by atoms with Crippen molar-refractivity contribution in [3.05, 3.63) is 90.0 Å². The normalized spacial score (nSPS) is 12.9. The van der Waals surface area contributed by atoms with Crippen molar-refractivity contribution < 1.29 is 19.1 Å². The number of rotatable bonds is 9. The highest BCUT2D eigenvalue weighted by Crippen LogP contribution is 2.34. The summed E-state index contributed by atoms with van der Waals surface area (Å²) in [5.41, 5.74) is 3.37. The number of unbranched alkanes of at least 4 members (excludes halogenated alkanes) is 1. The van der Waals surface area contributed by atoms with E-state index in [4.69, 9.17) is 9.47 Å². The first-order valence-corrected chi connectivity index (χ1v) is 11.4. The van der Waals surface area contributed by atoms with Crippen molar-refractivity contribution in [2.24, 2.45) is 0 Å². The number of anilines is 2. The van der Waals surface area contributed by atoms with E-state index in [9.17, 15) is 9.59 Å². The molecule has 0 unspecified atom stereocenters. The smallest absolute Gasteiger partial charge is 0.265 e. The predicted molar refractivity (Wildman–Crippen MR) is 134 cm³/mol. The molecule has 0 fully saturated rings. The Hall–Kier alpha value is -4.06. The highest BCUT2D eigenvalue weighted by Gasteiger charge is 2.25. The number of fused-ring (bicyclic) bond motifs is 1. The largest absolute Gasteiger partial charge is 0.494 e. The lowest BCUT2D eigenvalue weighted by molar-refractivity contribution is -0.121. The van der Waals surface area contributed by atoms with Gasteiger partial charge in [0.05, 0.1) is 12.3 Å². The fourth-order valence-corrected chi connectivity index (χ4v) is 3.71. The average molecular weight is 457 g/mol. The Morgan fingerprint density at radius 1 is 1.06 bits per heavy atom. The zero-order chi connectivity index (χ0) is 23.8. The Bertz CT molecular complexity index is 1170. The number of nitrogens with zero attached hydrogens (tertiary/aromatic N) is 1. The average Bonchev–Trinajstić information content (AvgIpc) is 2.84. The van der Waals surface area contributed by atoms with Crippen LogP contribution in [-0.4, -0.2) is 31.6 Å². The monoisotopic (exact) mass is 456 g/mol. The van der Waals surface area contributed by atoms with Gasteiger partial charge in [-0.1, -0.05) is 42.5 Å². The van der Waals surface area contributed by atoms with Gasteiger partial charge >= 0.3 is 0 Å². The minimum atomic E-state index is -0.244. The Labute approximate surface area is 199 Å². The fraction of sp³-hybridized carbons (Fsp3) is 0.214. The van der Waals surface area contributed by atoms with Crippen molar-refractivity contribution in [2.45, 2.75) is 19.8 Å². The molecule has 0 aliphatic carbocycles. The summed E-state index contributed by atoms with van der Waals surface area (Å²) < 4.78 is 11.4. The number of hydrogen-bond donors (Lipinski definition) is 1. The van der Waals surface area contributed by atoms with Crippen molar-refractivity contribution >= 4 is 29.3 Å². The van der Waals surface area contributed by atoms with Crippen molar-refractivity contribution in [3.63, 3.8) is 0 Å². The predicted octanol–water partition coefficient (Wildman–Crippen LogP) is 5.23. The topological polar surface area (TPSA) is 67.9 Å². The Morgan fingerprint density at radius 2 is 1.91 bits per heavy atom. The zero-order valence-corrected chi connectivity index (χ0v) is 19.2. The molecule has 1 aliphatic rings. The van der Waals surface area contributed by atoms with Crippen molar-refractivity contribution in [3.8, 4) is 11.5 Å². The van der Waals surface area contributed by atoms with Crippen LogP contribution in [-0.2, 0) is 9.59 Å². The van der Waals surface area contributed by atoms with Crippen LogP contribution < -0.4 is 19.7 Å². The minimum Gasteiger partial charge on any atom is -0.494 e. The molecule has 3 aromatic carbocycles. The fourth-order valence-electron chi connectivity index (χ4n) is 3.71. The van der Waals surface area contributed by atoms with Gasteiger partial charge in [0.2, 0.25) is 5.91 Å². The first-order chi connectivity index (χ1) is 16.6. The van der Waals surface area contributed by atoms with Gasteiger partial charge in [-0.25, -0.2) is 0 Å². The Kier molecular flexibility index (Phi) is 7.60. The van der Waals surface area contributed by atoms with Crippen LogP contribution in [0, 0.1) is 6.92 Å². The lowest BCUT2D eigenvalue weighted by Gasteiger charge is -2.30. The minimum absolute atomic E-state index is 0.0122. The van der Waals surface area contributed by atoms with Crippen LogP contribution in [0.2, 0.25) is 0 Å². The maximum absolute atomic E-state index is 12.5. The van der Waals surface area contributed by atoms with Gasteiger partial charge in [0.15, 0.2) is 6.61 Å². The highest BCUT2D eigenvalue weighted by molar-refractivity contribution is 6.03. The van der Waals surface area contributed by atoms with Gasteiger partial charge in [0, 0.05) is 18.3 Å². The van der Waals surface area contributed by atoms with E-state index < -0.39 is 0 Å². The third-order valence-corrected chi connectivity index (χ3v) is 5.43. The second-order valence-corrected chi connectivity index (χ2v) is 8.12. The number of carbonyl (C=O) groups excluding carboxylic acids is 2. The van der Waals surface area contributed by atoms with Gasteiger partial charge in [0.25, 0.3) is 5.91 Å². The van der Waals surface area contributed by atoms with Crippen LogP contribution >= 0.6 is 0 Å². The molecule has 1 heterocycles. The lowest BCUT2D eigenvalue weighted by Crippen LogP contribution is -2.39. The van der Waals surface area contributed by atoms with Crippen LogP contribution in [0.25, 0.3) is 6.08 Å². The van der Waals surface area contributed by atoms with E-state index in [1.165, 1.54) is 6.08 Å². The molecule has 6 heteroatoms. The van der Waals surface area contributed by atoms with E-state index in [2.05, 4.69) is 5.32 Å². The highest BCUT2D eigenvalue weighted by atomic mass is 16.5. The molecule has 0 aromatic heterocycles. The van der Waals surface area contributed by atoms with Gasteiger partial charge in [0.1, 0.15) is 11.5 Å². The van der Waals surface area contributed by atoms with Gasteiger partial charge < -0.3 is 19.7 Å². The number of amides is 2. The summed E-state index contributed by atoms with van der Waals surface area (Å²) >= 11 is 0. The van der Waals surface area contributed by atoms with E-state index >= 15 is 0 Å². The van der Waals surface area contributed by atoms with Crippen LogP contribution in [0.5, 0.6) is 11.5 Å². The van der Waals surface area contributed by atoms with E-state index in [1.807, 2.05) is 61.5 Å². The Balaban J connectivity index is 1.34. The molecule has 3 aromatic rings. The van der Waals surface area contributed by atoms with Crippen molar-refractivity contribution in [1.29, 1.82) is 0 Å². The molecule has 0 saturated carbocycles. The summed E-state index contributed by atoms with van der Waals surface area (Å²) in [6.45, 7) is 3.18. The maximum Gasteiger partial charge on any atom is 0.265 e. The number of nitrogens with one attached hydrogen (secondary N) is 1. The third kappa shape index (κ3) is 6.25. The second kappa shape index (κ2) is 11.2. The third-order valence-electron chi connectivity index (χ3n) is 5.43. The van der Waals surface area contributed by atoms with Gasteiger partial charge in [-0.05, 0) is 67.3 Å². The molecule has 4 rings (SSSR count). The lowest BCUT2D eigenvalue weighted by atomic mass is 10.2. The molecule has 174 valence electrons. The van der Waals surface area contributed by atoms with E-state index in [-0.39, 0.29) is 18.4 Å². The number of aryl methyl sites for hydroxylation is 1. The maximum atomic E-state index is 12.5. The number of benzene rings is 3. The van der Waals surface area contributed by atoms with E-state index in [0.29, 0.717) is 30.3 Å². The van der Waals surface area contributed by atoms with Gasteiger partial charge in [-0.15, -0.1) is 0 Å². The number of hydrogen-bond acceptors (Lipinski definition) is 4. The molecule has 1 N–H and O–H groups in total. The first kappa shape index (κ1) is 23.1. The molecule has 0 atom stereocenters. The molecule has 0 saturated heterocycles. The number of ether oxygens (including phenoxy) is 2. The van der Waals surface area contributed by atoms with Crippen LogP contribution in [0.3, 0.4) is 0 Å². The molecular formula is C28H28N2O4. The molecule has 0 bridgehead atoms. The van der Waals surface area contributed by atoms with Crippen molar-refractivity contribution in [1.82, 2.24) is 0 Å². The molecule has 1 aliphatic heterocycles.